The first-order chi connectivity index (χ1) is 10.9. The molecule has 0 aromatic heterocycles. The molecule has 0 spiro atoms. The lowest BCUT2D eigenvalue weighted by Crippen LogP contribution is -2.44. The molecule has 1 N–H and O–H groups in total. The lowest BCUT2D eigenvalue weighted by Gasteiger charge is -2.33. The maximum Gasteiger partial charge on any atom is 0.410 e. The van der Waals surface area contributed by atoms with Crippen LogP contribution in [0.2, 0.25) is 0 Å². The monoisotopic (exact) mass is 321 g/mol. The van der Waals surface area contributed by atoms with Crippen molar-refractivity contribution in [3.05, 3.63) is 29.8 Å². The van der Waals surface area contributed by atoms with Crippen LogP contribution in [0, 0.1) is 0 Å². The van der Waals surface area contributed by atoms with Gasteiger partial charge in [-0.1, -0.05) is 12.1 Å². The second kappa shape index (κ2) is 7.68. The number of benzene rings is 1. The summed E-state index contributed by atoms with van der Waals surface area (Å²) in [5.41, 5.74) is 0.605. The fraction of sp³-hybridized carbons (Fsp3) is 0.611. The van der Waals surface area contributed by atoms with Crippen LogP contribution in [0.1, 0.15) is 39.2 Å². The average Bonchev–Trinajstić information content (AvgIpc) is 2.47. The molecule has 2 rings (SSSR count). The summed E-state index contributed by atoms with van der Waals surface area (Å²) in [6.45, 7) is 7.06. The molecule has 1 aromatic rings. The van der Waals surface area contributed by atoms with Gasteiger partial charge in [0.15, 0.2) is 0 Å². The number of ether oxygens (including phenoxy) is 2. The standard InChI is InChI=1S/C18H27NO4/c1-18(2,3)23-17(21)19-10-7-15(8-11-19)22-16-6-4-5-14(13-16)9-12-20/h4-6,13,15,20H,7-12H2,1-3H3. The quantitative estimate of drug-likeness (QED) is 0.926. The minimum absolute atomic E-state index is 0.109. The van der Waals surface area contributed by atoms with E-state index in [0.717, 1.165) is 24.2 Å². The number of amides is 1. The fourth-order valence-electron chi connectivity index (χ4n) is 2.58. The largest absolute Gasteiger partial charge is 0.490 e. The molecule has 0 unspecified atom stereocenters. The lowest BCUT2D eigenvalue weighted by atomic mass is 10.1. The van der Waals surface area contributed by atoms with E-state index in [1.165, 1.54) is 0 Å². The molecule has 1 amide bonds. The summed E-state index contributed by atoms with van der Waals surface area (Å²) < 4.78 is 11.4. The van der Waals surface area contributed by atoms with Gasteiger partial charge in [0.1, 0.15) is 17.5 Å². The van der Waals surface area contributed by atoms with E-state index >= 15 is 0 Å². The zero-order valence-electron chi connectivity index (χ0n) is 14.2. The van der Waals surface area contributed by atoms with E-state index in [2.05, 4.69) is 0 Å². The number of likely N-dealkylation sites (tertiary alicyclic amines) is 1. The number of aliphatic hydroxyl groups excluding tert-OH is 1. The highest BCUT2D eigenvalue weighted by Gasteiger charge is 2.27. The van der Waals surface area contributed by atoms with Crippen molar-refractivity contribution in [2.45, 2.75) is 51.7 Å². The Morgan fingerprint density at radius 2 is 2.00 bits per heavy atom. The zero-order chi connectivity index (χ0) is 16.9. The van der Waals surface area contributed by atoms with Crippen LogP contribution in [0.4, 0.5) is 4.79 Å². The number of hydrogen-bond donors (Lipinski definition) is 1. The third-order valence-corrected chi connectivity index (χ3v) is 3.70. The lowest BCUT2D eigenvalue weighted by molar-refractivity contribution is 0.0126. The van der Waals surface area contributed by atoms with Gasteiger partial charge in [0.2, 0.25) is 0 Å². The van der Waals surface area contributed by atoms with Gasteiger partial charge in [-0.3, -0.25) is 0 Å². The van der Waals surface area contributed by atoms with E-state index in [0.29, 0.717) is 19.5 Å². The Kier molecular flexibility index (Phi) is 5.88. The highest BCUT2D eigenvalue weighted by molar-refractivity contribution is 5.68. The number of carbonyl (C=O) groups is 1. The molecule has 5 nitrogen and oxygen atoms in total. The molecule has 23 heavy (non-hydrogen) atoms. The van der Waals surface area contributed by atoms with E-state index in [4.69, 9.17) is 14.6 Å². The first-order valence-corrected chi connectivity index (χ1v) is 8.22. The smallest absolute Gasteiger partial charge is 0.410 e. The summed E-state index contributed by atoms with van der Waals surface area (Å²) in [4.78, 5) is 13.8. The van der Waals surface area contributed by atoms with Gasteiger partial charge in [-0.05, 0) is 44.9 Å². The molecule has 0 aliphatic carbocycles. The number of hydrogen-bond acceptors (Lipinski definition) is 4. The third kappa shape index (κ3) is 5.75. The molecule has 1 heterocycles. The third-order valence-electron chi connectivity index (χ3n) is 3.70. The van der Waals surface area contributed by atoms with Crippen LogP contribution in [0.3, 0.4) is 0 Å². The van der Waals surface area contributed by atoms with Gasteiger partial charge in [-0.15, -0.1) is 0 Å². The Balaban J connectivity index is 1.83. The van der Waals surface area contributed by atoms with Crippen molar-refractivity contribution in [2.24, 2.45) is 0 Å². The molecule has 0 bridgehead atoms. The van der Waals surface area contributed by atoms with E-state index in [1.807, 2.05) is 45.0 Å². The summed E-state index contributed by atoms with van der Waals surface area (Å²) >= 11 is 0. The Morgan fingerprint density at radius 3 is 2.61 bits per heavy atom. The van der Waals surface area contributed by atoms with E-state index in [-0.39, 0.29) is 18.8 Å². The zero-order valence-corrected chi connectivity index (χ0v) is 14.2. The average molecular weight is 321 g/mol. The highest BCUT2D eigenvalue weighted by atomic mass is 16.6. The van der Waals surface area contributed by atoms with E-state index in [9.17, 15) is 4.79 Å². The van der Waals surface area contributed by atoms with Crippen molar-refractivity contribution in [2.75, 3.05) is 19.7 Å². The molecule has 1 aliphatic rings. The van der Waals surface area contributed by atoms with Crippen LogP contribution < -0.4 is 4.74 Å². The molecule has 128 valence electrons. The predicted molar refractivity (Wildman–Crippen MR) is 88.7 cm³/mol. The summed E-state index contributed by atoms with van der Waals surface area (Å²) in [7, 11) is 0. The summed E-state index contributed by atoms with van der Waals surface area (Å²) in [5, 5.41) is 9.00. The second-order valence-corrected chi connectivity index (χ2v) is 6.91. The summed E-state index contributed by atoms with van der Waals surface area (Å²) in [6, 6.07) is 7.82. The Hall–Kier alpha value is -1.75. The SMILES string of the molecule is CC(C)(C)OC(=O)N1CCC(Oc2cccc(CCO)c2)CC1. The van der Waals surface area contributed by atoms with Crippen LogP contribution in [0.5, 0.6) is 5.75 Å². The maximum absolute atomic E-state index is 12.0. The van der Waals surface area contributed by atoms with Gasteiger partial charge in [0, 0.05) is 32.5 Å². The molecule has 1 aliphatic heterocycles. The predicted octanol–water partition coefficient (Wildman–Crippen LogP) is 3.00. The van der Waals surface area contributed by atoms with Gasteiger partial charge in [-0.2, -0.15) is 0 Å². The molecule has 0 atom stereocenters. The van der Waals surface area contributed by atoms with Gasteiger partial charge in [0.25, 0.3) is 0 Å². The summed E-state index contributed by atoms with van der Waals surface area (Å²) in [6.07, 6.45) is 2.08. The minimum Gasteiger partial charge on any atom is -0.490 e. The van der Waals surface area contributed by atoms with Crippen LogP contribution in [-0.2, 0) is 11.2 Å². The molecular weight excluding hydrogens is 294 g/mol. The normalized spacial score (nSPS) is 16.3. The van der Waals surface area contributed by atoms with E-state index in [1.54, 1.807) is 4.90 Å². The Morgan fingerprint density at radius 1 is 1.30 bits per heavy atom. The minimum atomic E-state index is -0.461. The molecule has 1 saturated heterocycles. The number of carbonyl (C=O) groups excluding carboxylic acids is 1. The highest BCUT2D eigenvalue weighted by Crippen LogP contribution is 2.21. The second-order valence-electron chi connectivity index (χ2n) is 6.91. The molecule has 5 heteroatoms. The first-order valence-electron chi connectivity index (χ1n) is 8.22. The molecule has 1 fully saturated rings. The number of piperidine rings is 1. The summed E-state index contributed by atoms with van der Waals surface area (Å²) in [5.74, 6) is 0.826. The Labute approximate surface area is 138 Å². The van der Waals surface area contributed by atoms with Crippen molar-refractivity contribution in [3.63, 3.8) is 0 Å². The van der Waals surface area contributed by atoms with Crippen molar-refractivity contribution < 1.29 is 19.4 Å². The van der Waals surface area contributed by atoms with Gasteiger partial charge >= 0.3 is 6.09 Å². The number of nitrogens with zero attached hydrogens (tertiary/aromatic N) is 1. The first kappa shape index (κ1) is 17.6. The maximum atomic E-state index is 12.0. The van der Waals surface area contributed by atoms with Crippen molar-refractivity contribution >= 4 is 6.09 Å². The van der Waals surface area contributed by atoms with Crippen molar-refractivity contribution in [1.29, 1.82) is 0 Å². The number of aliphatic hydroxyl groups is 1. The topological polar surface area (TPSA) is 59.0 Å². The van der Waals surface area contributed by atoms with Crippen molar-refractivity contribution in [3.8, 4) is 5.75 Å². The van der Waals surface area contributed by atoms with Gasteiger partial charge < -0.3 is 19.5 Å². The van der Waals surface area contributed by atoms with Crippen LogP contribution >= 0.6 is 0 Å². The fourth-order valence-corrected chi connectivity index (χ4v) is 2.58. The van der Waals surface area contributed by atoms with E-state index < -0.39 is 5.60 Å². The molecule has 0 saturated carbocycles. The van der Waals surface area contributed by atoms with Gasteiger partial charge in [-0.25, -0.2) is 4.79 Å². The molecular formula is C18H27NO4. The number of rotatable bonds is 4. The molecule has 1 aromatic carbocycles. The van der Waals surface area contributed by atoms with Crippen LogP contribution in [-0.4, -0.2) is 47.5 Å². The Bertz CT molecular complexity index is 516. The van der Waals surface area contributed by atoms with Crippen LogP contribution in [0.15, 0.2) is 24.3 Å². The van der Waals surface area contributed by atoms with Crippen LogP contribution in [0.25, 0.3) is 0 Å². The molecule has 0 radical (unpaired) electrons. The van der Waals surface area contributed by atoms with Gasteiger partial charge in [0.05, 0.1) is 0 Å². The van der Waals surface area contributed by atoms with Crippen molar-refractivity contribution in [1.82, 2.24) is 4.90 Å².